The predicted octanol–water partition coefficient (Wildman–Crippen LogP) is 6.07. The first kappa shape index (κ1) is 28.0. The first-order chi connectivity index (χ1) is 17.3. The largest absolute Gasteiger partial charge is 0.437 e. The Hall–Kier alpha value is -2.01. The molecule has 0 aliphatic carbocycles. The van der Waals surface area contributed by atoms with Gasteiger partial charge in [-0.05, 0) is 87.3 Å². The molecule has 3 aliphatic heterocycles. The van der Waals surface area contributed by atoms with Crippen LogP contribution in [0.5, 0.6) is 0 Å². The van der Waals surface area contributed by atoms with Gasteiger partial charge in [-0.3, -0.25) is 9.80 Å². The van der Waals surface area contributed by atoms with Gasteiger partial charge in [0.2, 0.25) is 0 Å². The fourth-order valence-corrected chi connectivity index (χ4v) is 5.77. The fraction of sp³-hybridized carbons (Fsp3) is 0.731. The minimum Gasteiger partial charge on any atom is -0.437 e. The SMILES string of the molecule is CC(OC(=O)N1CCC2(CCN(Cc3cc(CN4CCCCC4)cc(C(F)(F)F)c3)C2)CC1)C(F)(F)F. The lowest BCUT2D eigenvalue weighted by Gasteiger charge is -2.39. The Balaban J connectivity index is 1.35. The van der Waals surface area contributed by atoms with Crippen LogP contribution in [0.3, 0.4) is 0 Å². The van der Waals surface area contributed by atoms with Crippen LogP contribution < -0.4 is 0 Å². The standard InChI is InChI=1S/C26H35F6N3O2/c1-19(25(27,28)29)37-23(36)35-11-6-24(7-12-35)5-10-34(18-24)17-21-13-20(14-22(15-21)26(30,31)32)16-33-8-3-2-4-9-33/h13-15,19H,2-12,16-18H2,1H3. The van der Waals surface area contributed by atoms with E-state index in [2.05, 4.69) is 14.5 Å². The molecule has 1 amide bonds. The second-order valence-electron chi connectivity index (χ2n) is 10.9. The molecule has 4 rings (SSSR count). The van der Waals surface area contributed by atoms with E-state index in [0.717, 1.165) is 52.2 Å². The molecule has 0 aromatic heterocycles. The summed E-state index contributed by atoms with van der Waals surface area (Å²) in [6.45, 7) is 5.57. The highest BCUT2D eigenvalue weighted by molar-refractivity contribution is 5.68. The maximum Gasteiger partial charge on any atom is 0.425 e. The molecule has 1 spiro atoms. The van der Waals surface area contributed by atoms with Gasteiger partial charge in [-0.1, -0.05) is 12.5 Å². The predicted molar refractivity (Wildman–Crippen MR) is 126 cm³/mol. The maximum atomic E-state index is 13.6. The number of likely N-dealkylation sites (tertiary alicyclic amines) is 3. The molecule has 1 atom stereocenters. The Morgan fingerprint density at radius 1 is 0.865 bits per heavy atom. The first-order valence-corrected chi connectivity index (χ1v) is 13.0. The fourth-order valence-electron chi connectivity index (χ4n) is 5.77. The summed E-state index contributed by atoms with van der Waals surface area (Å²) in [6.07, 6.45) is -6.74. The third-order valence-electron chi connectivity index (χ3n) is 7.98. The van der Waals surface area contributed by atoms with Crippen molar-refractivity contribution in [1.29, 1.82) is 0 Å². The highest BCUT2D eigenvalue weighted by Gasteiger charge is 2.44. The van der Waals surface area contributed by atoms with Gasteiger partial charge in [-0.15, -0.1) is 0 Å². The number of rotatable bonds is 5. The van der Waals surface area contributed by atoms with Gasteiger partial charge in [-0.2, -0.15) is 26.3 Å². The average Bonchev–Trinajstić information content (AvgIpc) is 3.20. The molecule has 3 heterocycles. The van der Waals surface area contributed by atoms with E-state index < -0.39 is 30.1 Å². The topological polar surface area (TPSA) is 36.0 Å². The maximum absolute atomic E-state index is 13.6. The van der Waals surface area contributed by atoms with Gasteiger partial charge in [0.15, 0.2) is 6.10 Å². The van der Waals surface area contributed by atoms with Crippen LogP contribution in [0, 0.1) is 5.41 Å². The number of carbonyl (C=O) groups excluding carboxylic acids is 1. The summed E-state index contributed by atoms with van der Waals surface area (Å²) in [5.74, 6) is 0. The van der Waals surface area contributed by atoms with Crippen LogP contribution in [0.4, 0.5) is 31.1 Å². The molecular weight excluding hydrogens is 500 g/mol. The Morgan fingerprint density at radius 3 is 2.00 bits per heavy atom. The molecule has 11 heteroatoms. The van der Waals surface area contributed by atoms with Gasteiger partial charge < -0.3 is 9.64 Å². The monoisotopic (exact) mass is 535 g/mol. The molecule has 1 unspecified atom stereocenters. The molecule has 3 saturated heterocycles. The molecule has 0 radical (unpaired) electrons. The van der Waals surface area contributed by atoms with Crippen LogP contribution >= 0.6 is 0 Å². The third-order valence-corrected chi connectivity index (χ3v) is 7.98. The summed E-state index contributed by atoms with van der Waals surface area (Å²) in [6, 6.07) is 4.39. The van der Waals surface area contributed by atoms with Gasteiger partial charge >= 0.3 is 18.4 Å². The van der Waals surface area contributed by atoms with Crippen molar-refractivity contribution >= 4 is 6.09 Å². The molecule has 37 heavy (non-hydrogen) atoms. The Kier molecular flexibility index (Phi) is 8.33. The lowest BCUT2D eigenvalue weighted by atomic mass is 9.78. The lowest BCUT2D eigenvalue weighted by Crippen LogP contribution is -2.46. The number of nitrogens with zero attached hydrogens (tertiary/aromatic N) is 3. The van der Waals surface area contributed by atoms with Crippen molar-refractivity contribution in [3.05, 3.63) is 34.9 Å². The number of hydrogen-bond acceptors (Lipinski definition) is 4. The molecule has 1 aromatic rings. The van der Waals surface area contributed by atoms with Gasteiger partial charge in [0.05, 0.1) is 5.56 Å². The molecule has 3 aliphatic rings. The summed E-state index contributed by atoms with van der Waals surface area (Å²) >= 11 is 0. The second-order valence-corrected chi connectivity index (χ2v) is 10.9. The van der Waals surface area contributed by atoms with Gasteiger partial charge in [0.25, 0.3) is 0 Å². The number of carbonyl (C=O) groups is 1. The smallest absolute Gasteiger partial charge is 0.425 e. The molecular formula is C26H35F6N3O2. The Bertz CT molecular complexity index is 937. The number of hydrogen-bond donors (Lipinski definition) is 0. The number of piperidine rings is 2. The first-order valence-electron chi connectivity index (χ1n) is 13.0. The van der Waals surface area contributed by atoms with Crippen molar-refractivity contribution in [2.75, 3.05) is 39.3 Å². The molecule has 0 N–H and O–H groups in total. The third kappa shape index (κ3) is 7.31. The van der Waals surface area contributed by atoms with Crippen LogP contribution in [0.2, 0.25) is 0 Å². The molecule has 1 aromatic carbocycles. The summed E-state index contributed by atoms with van der Waals surface area (Å²) in [5, 5.41) is 0. The lowest BCUT2D eigenvalue weighted by molar-refractivity contribution is -0.200. The van der Waals surface area contributed by atoms with E-state index >= 15 is 0 Å². The summed E-state index contributed by atoms with van der Waals surface area (Å²) < 4.78 is 83.6. The van der Waals surface area contributed by atoms with Gasteiger partial charge in [0, 0.05) is 32.7 Å². The van der Waals surface area contributed by atoms with E-state index in [1.807, 2.05) is 6.07 Å². The number of halogens is 6. The van der Waals surface area contributed by atoms with Crippen molar-refractivity contribution in [2.45, 2.75) is 77.0 Å². The van der Waals surface area contributed by atoms with Crippen LogP contribution in [0.1, 0.15) is 62.1 Å². The number of amides is 1. The van der Waals surface area contributed by atoms with Crippen molar-refractivity contribution in [3.63, 3.8) is 0 Å². The van der Waals surface area contributed by atoms with Gasteiger partial charge in [0.1, 0.15) is 0 Å². The number of benzene rings is 1. The Labute approximate surface area is 213 Å². The average molecular weight is 536 g/mol. The molecule has 208 valence electrons. The zero-order valence-electron chi connectivity index (χ0n) is 21.1. The molecule has 3 fully saturated rings. The number of ether oxygens (including phenoxy) is 1. The molecule has 5 nitrogen and oxygen atoms in total. The van der Waals surface area contributed by atoms with E-state index in [1.165, 1.54) is 17.0 Å². The van der Waals surface area contributed by atoms with E-state index in [0.29, 0.717) is 56.7 Å². The van der Waals surface area contributed by atoms with E-state index in [-0.39, 0.29) is 5.41 Å². The minimum absolute atomic E-state index is 0.0926. The van der Waals surface area contributed by atoms with Crippen LogP contribution in [0.25, 0.3) is 0 Å². The van der Waals surface area contributed by atoms with E-state index in [1.54, 1.807) is 0 Å². The highest BCUT2D eigenvalue weighted by atomic mass is 19.4. The van der Waals surface area contributed by atoms with Crippen molar-refractivity contribution in [2.24, 2.45) is 5.41 Å². The van der Waals surface area contributed by atoms with Crippen LogP contribution in [-0.4, -0.2) is 72.3 Å². The van der Waals surface area contributed by atoms with Crippen molar-refractivity contribution < 1.29 is 35.9 Å². The quantitative estimate of drug-likeness (QED) is 0.429. The molecule has 0 bridgehead atoms. The molecule has 0 saturated carbocycles. The number of alkyl halides is 6. The van der Waals surface area contributed by atoms with Crippen molar-refractivity contribution in [1.82, 2.24) is 14.7 Å². The van der Waals surface area contributed by atoms with Crippen LogP contribution in [-0.2, 0) is 24.0 Å². The van der Waals surface area contributed by atoms with E-state index in [4.69, 9.17) is 0 Å². The summed E-state index contributed by atoms with van der Waals surface area (Å²) in [7, 11) is 0. The van der Waals surface area contributed by atoms with E-state index in [9.17, 15) is 31.1 Å². The zero-order valence-corrected chi connectivity index (χ0v) is 21.1. The normalized spacial score (nSPS) is 22.4. The van der Waals surface area contributed by atoms with Crippen LogP contribution in [0.15, 0.2) is 18.2 Å². The minimum atomic E-state index is -4.60. The second kappa shape index (κ2) is 11.0. The van der Waals surface area contributed by atoms with Gasteiger partial charge in [-0.25, -0.2) is 4.79 Å². The summed E-state index contributed by atoms with van der Waals surface area (Å²) in [5.41, 5.74) is 0.609. The summed E-state index contributed by atoms with van der Waals surface area (Å²) in [4.78, 5) is 17.8. The Morgan fingerprint density at radius 2 is 1.43 bits per heavy atom. The van der Waals surface area contributed by atoms with Crippen molar-refractivity contribution in [3.8, 4) is 0 Å². The zero-order chi connectivity index (χ0) is 26.8. The highest BCUT2D eigenvalue weighted by Crippen LogP contribution is 2.41.